The number of hydrogen-bond donors (Lipinski definition) is 1. The minimum Gasteiger partial charge on any atom is -0.412 e. The number of ether oxygens (including phenoxy) is 1. The maximum atomic E-state index is 12.9. The van der Waals surface area contributed by atoms with E-state index in [9.17, 15) is 9.59 Å². The third-order valence-corrected chi connectivity index (χ3v) is 4.74. The lowest BCUT2D eigenvalue weighted by atomic mass is 9.73. The van der Waals surface area contributed by atoms with Crippen molar-refractivity contribution >= 4 is 11.6 Å². The van der Waals surface area contributed by atoms with Crippen LogP contribution in [0.15, 0.2) is 18.2 Å². The summed E-state index contributed by atoms with van der Waals surface area (Å²) < 4.78 is 5.75. The molecule has 124 valence electrons. The number of rotatable bonds is 3. The van der Waals surface area contributed by atoms with Crippen LogP contribution in [0.2, 0.25) is 0 Å². The van der Waals surface area contributed by atoms with Crippen LogP contribution in [0.25, 0.3) is 0 Å². The molecule has 0 unspecified atom stereocenters. The van der Waals surface area contributed by atoms with Crippen molar-refractivity contribution < 1.29 is 19.2 Å². The van der Waals surface area contributed by atoms with Gasteiger partial charge in [-0.05, 0) is 69.7 Å². The average molecular weight is 317 g/mol. The van der Waals surface area contributed by atoms with Gasteiger partial charge in [0.05, 0.1) is 0 Å². The maximum absolute atomic E-state index is 12.9. The molecule has 1 heterocycles. The molecular weight excluding hydrogens is 294 g/mol. The molecule has 1 aromatic rings. The molecule has 0 radical (unpaired) electrons. The summed E-state index contributed by atoms with van der Waals surface area (Å²) >= 11 is 0. The fraction of sp³-hybridized carbons (Fsp3) is 0.556. The van der Waals surface area contributed by atoms with E-state index in [1.165, 1.54) is 0 Å². The molecule has 1 saturated heterocycles. The number of hydrogen-bond acceptors (Lipinski definition) is 5. The normalized spacial score (nSPS) is 23.9. The van der Waals surface area contributed by atoms with Gasteiger partial charge in [0.2, 0.25) is 0 Å². The van der Waals surface area contributed by atoms with Crippen molar-refractivity contribution in [1.82, 2.24) is 0 Å². The minimum atomic E-state index is -1.01. The third-order valence-electron chi connectivity index (χ3n) is 4.74. The Hall–Kier alpha value is -1.72. The van der Waals surface area contributed by atoms with Crippen LogP contribution in [0.4, 0.5) is 0 Å². The molecule has 3 rings (SSSR count). The van der Waals surface area contributed by atoms with Crippen LogP contribution < -0.4 is 10.7 Å². The topological polar surface area (TPSA) is 78.6 Å². The summed E-state index contributed by atoms with van der Waals surface area (Å²) in [5.74, 6) is 4.88. The first-order valence-electron chi connectivity index (χ1n) is 7.97. The van der Waals surface area contributed by atoms with Gasteiger partial charge < -0.3 is 9.57 Å². The molecule has 1 aromatic carbocycles. The molecule has 5 heteroatoms. The Morgan fingerprint density at radius 3 is 2.09 bits per heavy atom. The highest BCUT2D eigenvalue weighted by Crippen LogP contribution is 2.47. The molecule has 2 fully saturated rings. The Kier molecular flexibility index (Phi) is 3.61. The molecule has 0 spiro atoms. The van der Waals surface area contributed by atoms with Crippen LogP contribution in [0.3, 0.4) is 0 Å². The molecule has 0 aromatic heterocycles. The van der Waals surface area contributed by atoms with Gasteiger partial charge in [-0.1, -0.05) is 6.07 Å². The first-order valence-corrected chi connectivity index (χ1v) is 7.97. The van der Waals surface area contributed by atoms with Gasteiger partial charge >= 0.3 is 0 Å². The van der Waals surface area contributed by atoms with Crippen LogP contribution in [-0.2, 0) is 14.3 Å². The fourth-order valence-electron chi connectivity index (χ4n) is 3.48. The smallest absolute Gasteiger partial charge is 0.179 e. The van der Waals surface area contributed by atoms with Gasteiger partial charge in [0.25, 0.3) is 0 Å². The second-order valence-corrected chi connectivity index (χ2v) is 7.47. The fourth-order valence-corrected chi connectivity index (χ4v) is 3.48. The van der Waals surface area contributed by atoms with Gasteiger partial charge in [0.1, 0.15) is 22.9 Å². The van der Waals surface area contributed by atoms with Gasteiger partial charge in [-0.3, -0.25) is 9.59 Å². The van der Waals surface area contributed by atoms with Crippen LogP contribution in [-0.4, -0.2) is 22.8 Å². The number of nitrogens with two attached hydrogens (primary N) is 1. The van der Waals surface area contributed by atoms with Gasteiger partial charge in [0, 0.05) is 0 Å². The second-order valence-electron chi connectivity index (χ2n) is 7.47. The highest BCUT2D eigenvalue weighted by atomic mass is 16.6. The van der Waals surface area contributed by atoms with E-state index < -0.39 is 17.1 Å². The van der Waals surface area contributed by atoms with Crippen LogP contribution >= 0.6 is 0 Å². The molecule has 1 aliphatic heterocycles. The lowest BCUT2D eigenvalue weighted by Crippen LogP contribution is -2.58. The molecule has 2 N–H and O–H groups in total. The Morgan fingerprint density at radius 1 is 1.04 bits per heavy atom. The zero-order chi connectivity index (χ0) is 17.0. The molecule has 5 nitrogen and oxygen atoms in total. The molecular formula is C18H23NO4. The Bertz CT molecular complexity index is 648. The van der Waals surface area contributed by atoms with E-state index in [1.807, 2.05) is 6.07 Å². The summed E-state index contributed by atoms with van der Waals surface area (Å²) in [6.07, 6.45) is 2.16. The van der Waals surface area contributed by atoms with Crippen molar-refractivity contribution in [3.05, 3.63) is 29.3 Å². The summed E-state index contributed by atoms with van der Waals surface area (Å²) in [5, 5.41) is 0. The van der Waals surface area contributed by atoms with E-state index in [0.29, 0.717) is 11.7 Å². The van der Waals surface area contributed by atoms with E-state index in [2.05, 4.69) is 0 Å². The van der Waals surface area contributed by atoms with Gasteiger partial charge in [0.15, 0.2) is 11.6 Å². The monoisotopic (exact) mass is 317 g/mol. The number of carbonyl (C=O) groups is 2. The van der Waals surface area contributed by atoms with E-state index >= 15 is 0 Å². The first kappa shape index (κ1) is 16.1. The van der Waals surface area contributed by atoms with Gasteiger partial charge in [-0.2, -0.15) is 5.90 Å². The van der Waals surface area contributed by atoms with Gasteiger partial charge in [-0.15, -0.1) is 0 Å². The lowest BCUT2D eigenvalue weighted by molar-refractivity contribution is -0.184. The first-order chi connectivity index (χ1) is 10.7. The lowest BCUT2D eigenvalue weighted by Gasteiger charge is -2.43. The molecule has 23 heavy (non-hydrogen) atoms. The Labute approximate surface area is 136 Å². The van der Waals surface area contributed by atoms with Crippen LogP contribution in [0.1, 0.15) is 63.5 Å². The largest absolute Gasteiger partial charge is 0.412 e. The van der Waals surface area contributed by atoms with Crippen LogP contribution in [0.5, 0.6) is 5.75 Å². The quantitative estimate of drug-likeness (QED) is 0.685. The number of Topliss-reactive ketones (excluding diaryl/α,β-unsaturated/α-hetero) is 2. The molecule has 1 aliphatic carbocycles. The molecule has 1 saturated carbocycles. The summed E-state index contributed by atoms with van der Waals surface area (Å²) in [4.78, 5) is 30.7. The second kappa shape index (κ2) is 5.14. The third kappa shape index (κ3) is 2.68. The Balaban J connectivity index is 2.15. The number of ketones is 2. The van der Waals surface area contributed by atoms with Gasteiger partial charge in [-0.25, -0.2) is 0 Å². The zero-order valence-electron chi connectivity index (χ0n) is 14.0. The molecule has 2 aliphatic rings. The van der Waals surface area contributed by atoms with E-state index in [-0.39, 0.29) is 11.6 Å². The molecule has 0 amide bonds. The van der Waals surface area contributed by atoms with Crippen molar-refractivity contribution in [3.8, 4) is 5.75 Å². The number of carbonyl (C=O) groups excluding carboxylic acids is 2. The SMILES string of the molecule is CC1(C)OC(C)(C)C(=O)C(c2cc(ON)ccc2C2CC2)C1=O. The Morgan fingerprint density at radius 2 is 1.61 bits per heavy atom. The van der Waals surface area contributed by atoms with E-state index in [1.54, 1.807) is 39.8 Å². The van der Waals surface area contributed by atoms with Crippen molar-refractivity contribution in [2.45, 2.75) is 63.6 Å². The van der Waals surface area contributed by atoms with Crippen molar-refractivity contribution in [2.75, 3.05) is 0 Å². The predicted molar refractivity (Wildman–Crippen MR) is 85.2 cm³/mol. The minimum absolute atomic E-state index is 0.210. The van der Waals surface area contributed by atoms with E-state index in [4.69, 9.17) is 15.5 Å². The summed E-state index contributed by atoms with van der Waals surface area (Å²) in [7, 11) is 0. The highest BCUT2D eigenvalue weighted by molar-refractivity contribution is 6.15. The predicted octanol–water partition coefficient (Wildman–Crippen LogP) is 2.63. The van der Waals surface area contributed by atoms with Crippen molar-refractivity contribution in [3.63, 3.8) is 0 Å². The molecule has 0 atom stereocenters. The van der Waals surface area contributed by atoms with Crippen LogP contribution in [0, 0.1) is 0 Å². The standard InChI is InChI=1S/C18H23NO4/c1-17(2)15(20)14(16(21)18(3,4)23-17)13-9-11(22-19)7-8-12(13)10-5-6-10/h7-10,14H,5-6,19H2,1-4H3. The summed E-state index contributed by atoms with van der Waals surface area (Å²) in [6.45, 7) is 6.88. The van der Waals surface area contributed by atoms with Crippen molar-refractivity contribution in [1.29, 1.82) is 0 Å². The van der Waals surface area contributed by atoms with E-state index in [0.717, 1.165) is 24.0 Å². The zero-order valence-corrected chi connectivity index (χ0v) is 14.0. The molecule has 0 bridgehead atoms. The summed E-state index contributed by atoms with van der Waals surface area (Å²) in [6, 6.07) is 5.43. The average Bonchev–Trinajstić information content (AvgIpc) is 3.29. The van der Waals surface area contributed by atoms with Crippen molar-refractivity contribution in [2.24, 2.45) is 5.90 Å². The highest BCUT2D eigenvalue weighted by Gasteiger charge is 2.53. The maximum Gasteiger partial charge on any atom is 0.179 e. The summed E-state index contributed by atoms with van der Waals surface area (Å²) in [5.41, 5.74) is -0.258. The number of benzene rings is 1.